The molecule has 2 aliphatic rings. The van der Waals surface area contributed by atoms with Gasteiger partial charge in [-0.1, -0.05) is 0 Å². The Morgan fingerprint density at radius 3 is 2.37 bits per heavy atom. The molecule has 1 spiro atoms. The molecule has 108 valence electrons. The normalized spacial score (nSPS) is 28.8. The summed E-state index contributed by atoms with van der Waals surface area (Å²) in [5.41, 5.74) is -0.301. The van der Waals surface area contributed by atoms with E-state index in [1.165, 1.54) is 0 Å². The molecule has 2 fully saturated rings. The van der Waals surface area contributed by atoms with Gasteiger partial charge in [0.1, 0.15) is 5.60 Å². The van der Waals surface area contributed by atoms with Gasteiger partial charge in [0.15, 0.2) is 0 Å². The monoisotopic (exact) mass is 269 g/mol. The second kappa shape index (κ2) is 4.69. The van der Waals surface area contributed by atoms with Crippen molar-refractivity contribution in [1.29, 1.82) is 0 Å². The third-order valence-corrected chi connectivity index (χ3v) is 4.10. The van der Waals surface area contributed by atoms with Gasteiger partial charge in [0, 0.05) is 6.04 Å². The summed E-state index contributed by atoms with van der Waals surface area (Å²) in [4.78, 5) is 23.1. The van der Waals surface area contributed by atoms with Crippen LogP contribution in [0.4, 0.5) is 4.79 Å². The number of aliphatic carboxylic acids is 1. The molecule has 19 heavy (non-hydrogen) atoms. The summed E-state index contributed by atoms with van der Waals surface area (Å²) >= 11 is 0. The van der Waals surface area contributed by atoms with Gasteiger partial charge in [-0.15, -0.1) is 0 Å². The van der Waals surface area contributed by atoms with Gasteiger partial charge in [-0.05, 0) is 58.3 Å². The first-order chi connectivity index (χ1) is 8.71. The van der Waals surface area contributed by atoms with Gasteiger partial charge in [-0.3, -0.25) is 4.79 Å². The maximum atomic E-state index is 11.7. The molecule has 2 N–H and O–H groups in total. The van der Waals surface area contributed by atoms with E-state index < -0.39 is 23.6 Å². The third kappa shape index (κ3) is 3.61. The Labute approximate surface area is 113 Å². The first-order valence-corrected chi connectivity index (χ1v) is 6.93. The zero-order chi connectivity index (χ0) is 14.3. The van der Waals surface area contributed by atoms with Crippen LogP contribution >= 0.6 is 0 Å². The average Bonchev–Trinajstić information content (AvgIpc) is 2.98. The predicted octanol–water partition coefficient (Wildman–Crippen LogP) is 2.54. The van der Waals surface area contributed by atoms with Crippen LogP contribution in [-0.2, 0) is 9.53 Å². The van der Waals surface area contributed by atoms with Gasteiger partial charge in [0.2, 0.25) is 0 Å². The Bertz CT molecular complexity index is 381. The quantitative estimate of drug-likeness (QED) is 0.807. The number of ether oxygens (including phenoxy) is 1. The zero-order valence-corrected chi connectivity index (χ0v) is 11.9. The van der Waals surface area contributed by atoms with Crippen LogP contribution in [0.5, 0.6) is 0 Å². The standard InChI is InChI=1S/C14H23NO4/c1-13(2,3)19-12(18)15-10-4-5-14(6-7-14)8-9(10)11(16)17/h9-10H,4-8H2,1-3H3,(H,15,18)(H,16,17)/t9-,10+/m0/s1. The lowest BCUT2D eigenvalue weighted by molar-refractivity contribution is -0.144. The second-order valence-corrected chi connectivity index (χ2v) is 6.94. The molecule has 0 aromatic carbocycles. The molecule has 0 unspecified atom stereocenters. The molecule has 2 atom stereocenters. The Balaban J connectivity index is 1.94. The fraction of sp³-hybridized carbons (Fsp3) is 0.857. The van der Waals surface area contributed by atoms with Crippen LogP contribution in [0.3, 0.4) is 0 Å². The number of nitrogens with one attached hydrogen (secondary N) is 1. The van der Waals surface area contributed by atoms with Crippen molar-refractivity contribution in [2.45, 2.75) is 64.5 Å². The summed E-state index contributed by atoms with van der Waals surface area (Å²) in [6, 6.07) is -0.307. The fourth-order valence-electron chi connectivity index (χ4n) is 2.90. The number of carboxylic acids is 1. The number of rotatable bonds is 2. The molecule has 2 aliphatic carbocycles. The van der Waals surface area contributed by atoms with E-state index in [1.807, 2.05) is 0 Å². The van der Waals surface area contributed by atoms with Crippen molar-refractivity contribution >= 4 is 12.1 Å². The third-order valence-electron chi connectivity index (χ3n) is 4.10. The highest BCUT2D eigenvalue weighted by atomic mass is 16.6. The number of carbonyl (C=O) groups is 2. The SMILES string of the molecule is CC(C)(C)OC(=O)N[C@@H]1CCC2(CC2)C[C@@H]1C(=O)O. The Hall–Kier alpha value is -1.26. The lowest BCUT2D eigenvalue weighted by Gasteiger charge is -2.34. The molecular weight excluding hydrogens is 246 g/mol. The number of carboxylic acid groups (broad SMARTS) is 1. The maximum absolute atomic E-state index is 11.7. The van der Waals surface area contributed by atoms with Gasteiger partial charge < -0.3 is 15.2 Å². The summed E-state index contributed by atoms with van der Waals surface area (Å²) in [6.07, 6.45) is 4.18. The van der Waals surface area contributed by atoms with E-state index in [1.54, 1.807) is 20.8 Å². The topological polar surface area (TPSA) is 75.6 Å². The number of carbonyl (C=O) groups excluding carboxylic acids is 1. The summed E-state index contributed by atoms with van der Waals surface area (Å²) in [6.45, 7) is 5.38. The lowest BCUT2D eigenvalue weighted by Crippen LogP contribution is -2.48. The highest BCUT2D eigenvalue weighted by molar-refractivity contribution is 5.74. The summed E-state index contributed by atoms with van der Waals surface area (Å²) in [7, 11) is 0. The smallest absolute Gasteiger partial charge is 0.407 e. The highest BCUT2D eigenvalue weighted by Gasteiger charge is 2.51. The zero-order valence-electron chi connectivity index (χ0n) is 11.9. The van der Waals surface area contributed by atoms with E-state index in [9.17, 15) is 14.7 Å². The van der Waals surface area contributed by atoms with Crippen LogP contribution in [0.15, 0.2) is 0 Å². The van der Waals surface area contributed by atoms with Gasteiger partial charge in [-0.25, -0.2) is 4.79 Å². The van der Waals surface area contributed by atoms with Crippen LogP contribution in [0.2, 0.25) is 0 Å². The van der Waals surface area contributed by atoms with Gasteiger partial charge >= 0.3 is 12.1 Å². The van der Waals surface area contributed by atoms with E-state index in [2.05, 4.69) is 5.32 Å². The van der Waals surface area contributed by atoms with Gasteiger partial charge in [0.25, 0.3) is 0 Å². The Morgan fingerprint density at radius 1 is 1.26 bits per heavy atom. The van der Waals surface area contributed by atoms with E-state index in [0.717, 1.165) is 25.7 Å². The van der Waals surface area contributed by atoms with Crippen molar-refractivity contribution in [3.05, 3.63) is 0 Å². The van der Waals surface area contributed by atoms with Crippen molar-refractivity contribution < 1.29 is 19.4 Å². The molecule has 0 saturated heterocycles. The minimum atomic E-state index is -0.813. The first-order valence-electron chi connectivity index (χ1n) is 6.93. The number of hydrogen-bond donors (Lipinski definition) is 2. The molecule has 5 nitrogen and oxygen atoms in total. The van der Waals surface area contributed by atoms with E-state index >= 15 is 0 Å². The lowest BCUT2D eigenvalue weighted by atomic mass is 9.76. The molecular formula is C14H23NO4. The number of hydrogen-bond acceptors (Lipinski definition) is 3. The second-order valence-electron chi connectivity index (χ2n) is 6.94. The van der Waals surface area contributed by atoms with E-state index in [-0.39, 0.29) is 11.5 Å². The van der Waals surface area contributed by atoms with Gasteiger partial charge in [0.05, 0.1) is 5.92 Å². The van der Waals surface area contributed by atoms with Gasteiger partial charge in [-0.2, -0.15) is 0 Å². The molecule has 0 heterocycles. The molecule has 0 aromatic heterocycles. The maximum Gasteiger partial charge on any atom is 0.407 e. The minimum Gasteiger partial charge on any atom is -0.481 e. The summed E-state index contributed by atoms with van der Waals surface area (Å²) in [5.74, 6) is -1.30. The van der Waals surface area contributed by atoms with Crippen LogP contribution in [0, 0.1) is 11.3 Å². The summed E-state index contributed by atoms with van der Waals surface area (Å²) in [5, 5.41) is 12.1. The largest absolute Gasteiger partial charge is 0.481 e. The number of amides is 1. The fourth-order valence-corrected chi connectivity index (χ4v) is 2.90. The van der Waals surface area contributed by atoms with Crippen LogP contribution < -0.4 is 5.32 Å². The Kier molecular flexibility index (Phi) is 3.49. The average molecular weight is 269 g/mol. The highest BCUT2D eigenvalue weighted by Crippen LogP contribution is 2.57. The van der Waals surface area contributed by atoms with Crippen molar-refractivity contribution in [3.63, 3.8) is 0 Å². The molecule has 0 radical (unpaired) electrons. The van der Waals surface area contributed by atoms with Crippen LogP contribution in [0.25, 0.3) is 0 Å². The molecule has 2 saturated carbocycles. The molecule has 2 rings (SSSR count). The molecule has 0 bridgehead atoms. The Morgan fingerprint density at radius 2 is 1.89 bits per heavy atom. The summed E-state index contributed by atoms with van der Waals surface area (Å²) < 4.78 is 5.19. The minimum absolute atomic E-state index is 0.259. The molecule has 1 amide bonds. The van der Waals surface area contributed by atoms with Crippen LogP contribution in [-0.4, -0.2) is 28.8 Å². The van der Waals surface area contributed by atoms with E-state index in [4.69, 9.17) is 4.74 Å². The van der Waals surface area contributed by atoms with Crippen molar-refractivity contribution in [1.82, 2.24) is 5.32 Å². The van der Waals surface area contributed by atoms with Crippen molar-refractivity contribution in [2.24, 2.45) is 11.3 Å². The number of alkyl carbamates (subject to hydrolysis) is 1. The van der Waals surface area contributed by atoms with Crippen LogP contribution in [0.1, 0.15) is 52.9 Å². The molecule has 0 aliphatic heterocycles. The van der Waals surface area contributed by atoms with E-state index in [0.29, 0.717) is 6.42 Å². The van der Waals surface area contributed by atoms with Crippen molar-refractivity contribution in [3.8, 4) is 0 Å². The predicted molar refractivity (Wildman–Crippen MR) is 69.8 cm³/mol. The molecule has 5 heteroatoms. The van der Waals surface area contributed by atoms with Crippen molar-refractivity contribution in [2.75, 3.05) is 0 Å². The first kappa shape index (κ1) is 14.2. The molecule has 0 aromatic rings.